The van der Waals surface area contributed by atoms with Crippen LogP contribution in [0, 0.1) is 5.82 Å². The van der Waals surface area contributed by atoms with Crippen molar-refractivity contribution in [2.45, 2.75) is 12.1 Å². The molecule has 2 heterocycles. The fourth-order valence-corrected chi connectivity index (χ4v) is 3.37. The molecule has 5 nitrogen and oxygen atoms in total. The molecule has 10 heteroatoms. The van der Waals surface area contributed by atoms with Gasteiger partial charge in [-0.25, -0.2) is 14.2 Å². The Labute approximate surface area is 185 Å². The Bertz CT molecular complexity index is 1150. The maximum atomic E-state index is 13.4. The molecule has 1 aliphatic heterocycles. The average molecular weight is 463 g/mol. The van der Waals surface area contributed by atoms with Gasteiger partial charge in [0, 0.05) is 16.9 Å². The van der Waals surface area contributed by atoms with Crippen molar-refractivity contribution < 1.29 is 22.4 Å². The van der Waals surface area contributed by atoms with Gasteiger partial charge in [0.05, 0.1) is 29.4 Å². The van der Waals surface area contributed by atoms with Gasteiger partial charge in [0.2, 0.25) is 0 Å². The third kappa shape index (κ3) is 4.72. The predicted molar refractivity (Wildman–Crippen MR) is 112 cm³/mol. The zero-order valence-electron chi connectivity index (χ0n) is 16.3. The van der Waals surface area contributed by atoms with Gasteiger partial charge in [-0.15, -0.1) is 0 Å². The summed E-state index contributed by atoms with van der Waals surface area (Å²) in [4.78, 5) is 16.7. The lowest BCUT2D eigenvalue weighted by Gasteiger charge is -2.16. The van der Waals surface area contributed by atoms with E-state index in [0.29, 0.717) is 27.7 Å². The van der Waals surface area contributed by atoms with Gasteiger partial charge in [-0.05, 0) is 54.1 Å². The number of rotatable bonds is 3. The number of urea groups is 1. The van der Waals surface area contributed by atoms with Crippen molar-refractivity contribution in [3.8, 4) is 0 Å². The molecule has 1 unspecified atom stereocenters. The smallest absolute Gasteiger partial charge is 0.306 e. The Morgan fingerprint density at radius 3 is 2.31 bits per heavy atom. The van der Waals surface area contributed by atoms with Gasteiger partial charge in [-0.1, -0.05) is 23.7 Å². The number of alkyl halides is 3. The highest BCUT2D eigenvalue weighted by Gasteiger charge is 2.35. The Kier molecular flexibility index (Phi) is 5.84. The van der Waals surface area contributed by atoms with Crippen LogP contribution < -0.4 is 5.32 Å². The molecule has 0 spiro atoms. The van der Waals surface area contributed by atoms with Crippen molar-refractivity contribution >= 4 is 29.0 Å². The van der Waals surface area contributed by atoms with Crippen LogP contribution in [0.25, 0.3) is 0 Å². The first-order valence-corrected chi connectivity index (χ1v) is 9.80. The molecular weight excluding hydrogens is 448 g/mol. The summed E-state index contributed by atoms with van der Waals surface area (Å²) >= 11 is 5.85. The van der Waals surface area contributed by atoms with Crippen LogP contribution in [-0.4, -0.2) is 28.3 Å². The topological polar surface area (TPSA) is 57.6 Å². The number of hydrogen-bond acceptors (Lipinski definition) is 3. The number of amides is 2. The summed E-state index contributed by atoms with van der Waals surface area (Å²) in [6.07, 6.45) is -3.77. The van der Waals surface area contributed by atoms with E-state index in [-0.39, 0.29) is 6.54 Å². The summed E-state index contributed by atoms with van der Waals surface area (Å²) in [6, 6.07) is 13.6. The van der Waals surface area contributed by atoms with E-state index in [0.717, 1.165) is 17.3 Å². The molecule has 0 fully saturated rings. The van der Waals surface area contributed by atoms with Crippen LogP contribution in [0.2, 0.25) is 5.02 Å². The molecule has 0 saturated heterocycles. The molecule has 0 aliphatic carbocycles. The monoisotopic (exact) mass is 462 g/mol. The quantitative estimate of drug-likeness (QED) is 0.490. The van der Waals surface area contributed by atoms with Gasteiger partial charge >= 0.3 is 12.2 Å². The number of pyridine rings is 1. The van der Waals surface area contributed by atoms with Crippen molar-refractivity contribution in [1.82, 2.24) is 9.99 Å². The van der Waals surface area contributed by atoms with Gasteiger partial charge in [-0.3, -0.25) is 4.98 Å². The number of nitrogens with zero attached hydrogens (tertiary/aromatic N) is 3. The molecule has 3 aromatic rings. The maximum Gasteiger partial charge on any atom is 0.417 e. The van der Waals surface area contributed by atoms with E-state index in [4.69, 9.17) is 11.6 Å². The minimum absolute atomic E-state index is 0.0461. The predicted octanol–water partition coefficient (Wildman–Crippen LogP) is 5.93. The van der Waals surface area contributed by atoms with E-state index in [1.54, 1.807) is 24.3 Å². The van der Waals surface area contributed by atoms with Gasteiger partial charge < -0.3 is 5.32 Å². The fraction of sp³-hybridized carbons (Fsp3) is 0.136. The van der Waals surface area contributed by atoms with Crippen molar-refractivity contribution in [3.63, 3.8) is 0 Å². The van der Waals surface area contributed by atoms with Gasteiger partial charge in [0.1, 0.15) is 5.82 Å². The number of halogens is 5. The van der Waals surface area contributed by atoms with Crippen LogP contribution in [0.1, 0.15) is 22.7 Å². The third-order valence-corrected chi connectivity index (χ3v) is 5.11. The highest BCUT2D eigenvalue weighted by molar-refractivity contribution is 6.30. The maximum absolute atomic E-state index is 13.4. The second-order valence-electron chi connectivity index (χ2n) is 7.03. The normalized spacial score (nSPS) is 16.1. The van der Waals surface area contributed by atoms with E-state index in [1.807, 2.05) is 0 Å². The van der Waals surface area contributed by atoms with E-state index < -0.39 is 29.5 Å². The summed E-state index contributed by atoms with van der Waals surface area (Å²) in [6.45, 7) is 0.0461. The van der Waals surface area contributed by atoms with Crippen molar-refractivity contribution in [1.29, 1.82) is 0 Å². The van der Waals surface area contributed by atoms with E-state index in [2.05, 4.69) is 15.4 Å². The highest BCUT2D eigenvalue weighted by atomic mass is 35.5. The van der Waals surface area contributed by atoms with Crippen LogP contribution in [0.3, 0.4) is 0 Å². The number of aromatic nitrogens is 1. The standard InChI is InChI=1S/C22H15ClF4N4O/c23-15-4-8-17(9-5-15)29-21(32)31-12-18(19-10-3-14(11-28-19)22(25,26)27)20(30-31)13-1-6-16(24)7-2-13/h1-11,18H,12H2,(H,29,32). The van der Waals surface area contributed by atoms with Crippen LogP contribution >= 0.6 is 11.6 Å². The second kappa shape index (κ2) is 8.58. The van der Waals surface area contributed by atoms with Crippen molar-refractivity contribution in [2.75, 3.05) is 11.9 Å². The summed E-state index contributed by atoms with van der Waals surface area (Å²) in [5.41, 5.74) is 0.845. The lowest BCUT2D eigenvalue weighted by atomic mass is 9.94. The van der Waals surface area contributed by atoms with Gasteiger partial charge in [-0.2, -0.15) is 18.3 Å². The number of benzene rings is 2. The number of hydrazone groups is 1. The molecule has 1 atom stereocenters. The molecule has 1 aliphatic rings. The molecule has 2 amide bonds. The number of hydrogen-bond donors (Lipinski definition) is 1. The zero-order valence-corrected chi connectivity index (χ0v) is 17.0. The fourth-order valence-electron chi connectivity index (χ4n) is 3.24. The summed E-state index contributed by atoms with van der Waals surface area (Å²) < 4.78 is 52.1. The second-order valence-corrected chi connectivity index (χ2v) is 7.47. The highest BCUT2D eigenvalue weighted by Crippen LogP contribution is 2.32. The van der Waals surface area contributed by atoms with Gasteiger partial charge in [0.25, 0.3) is 0 Å². The first-order valence-electron chi connectivity index (χ1n) is 9.42. The molecule has 2 aromatic carbocycles. The number of carbonyl (C=O) groups is 1. The molecule has 0 saturated carbocycles. The number of nitrogens with one attached hydrogen (secondary N) is 1. The van der Waals surface area contributed by atoms with Crippen LogP contribution in [0.4, 0.5) is 28.0 Å². The Balaban J connectivity index is 1.63. The molecule has 1 aromatic heterocycles. The Morgan fingerprint density at radius 2 is 1.72 bits per heavy atom. The van der Waals surface area contributed by atoms with Crippen LogP contribution in [0.15, 0.2) is 72.0 Å². The Morgan fingerprint density at radius 1 is 1.03 bits per heavy atom. The largest absolute Gasteiger partial charge is 0.417 e. The number of carbonyl (C=O) groups excluding carboxylic acids is 1. The molecule has 4 rings (SSSR count). The molecule has 1 N–H and O–H groups in total. The van der Waals surface area contributed by atoms with Crippen molar-refractivity contribution in [3.05, 3.63) is 94.5 Å². The number of anilines is 1. The van der Waals surface area contributed by atoms with E-state index >= 15 is 0 Å². The average Bonchev–Trinajstić information content (AvgIpc) is 3.21. The van der Waals surface area contributed by atoms with Gasteiger partial charge in [0.15, 0.2) is 0 Å². The Hall–Kier alpha value is -3.46. The lowest BCUT2D eigenvalue weighted by Crippen LogP contribution is -2.30. The zero-order chi connectivity index (χ0) is 22.9. The summed E-state index contributed by atoms with van der Waals surface area (Å²) in [5, 5.41) is 8.72. The first kappa shape index (κ1) is 21.8. The SMILES string of the molecule is O=C(Nc1ccc(Cl)cc1)N1CC(c2ccc(C(F)(F)F)cn2)C(c2ccc(F)cc2)=N1. The van der Waals surface area contributed by atoms with Crippen molar-refractivity contribution in [2.24, 2.45) is 5.10 Å². The molecule has 32 heavy (non-hydrogen) atoms. The lowest BCUT2D eigenvalue weighted by molar-refractivity contribution is -0.137. The van der Waals surface area contributed by atoms with E-state index in [1.165, 1.54) is 30.3 Å². The third-order valence-electron chi connectivity index (χ3n) is 4.85. The first-order chi connectivity index (χ1) is 15.2. The van der Waals surface area contributed by atoms with E-state index in [9.17, 15) is 22.4 Å². The minimum Gasteiger partial charge on any atom is -0.306 e. The molecule has 0 bridgehead atoms. The van der Waals surface area contributed by atoms with Crippen LogP contribution in [-0.2, 0) is 6.18 Å². The summed E-state index contributed by atoms with van der Waals surface area (Å²) in [5.74, 6) is -1.05. The molecular formula is C22H15ClF4N4O. The molecule has 0 radical (unpaired) electrons. The minimum atomic E-state index is -4.51. The summed E-state index contributed by atoms with van der Waals surface area (Å²) in [7, 11) is 0. The molecule has 164 valence electrons. The van der Waals surface area contributed by atoms with Crippen LogP contribution in [0.5, 0.6) is 0 Å².